The van der Waals surface area contributed by atoms with Gasteiger partial charge in [-0.15, -0.1) is 0 Å². The van der Waals surface area contributed by atoms with Crippen LogP contribution in [0, 0.1) is 0 Å². The van der Waals surface area contributed by atoms with Crippen LogP contribution >= 0.6 is 6.64 Å². The van der Waals surface area contributed by atoms with Crippen molar-refractivity contribution in [3.63, 3.8) is 0 Å². The zero-order valence-electron chi connectivity index (χ0n) is 9.58. The first-order valence-electron chi connectivity index (χ1n) is 5.06. The molecule has 90 valence electrons. The van der Waals surface area contributed by atoms with Gasteiger partial charge in [0.05, 0.1) is 0 Å². The SMILES string of the molecule is CNP(=S)(OC)Oc1cccc2cccnc12. The lowest BCUT2D eigenvalue weighted by atomic mass is 10.2. The number of aromatic nitrogens is 1. The molecule has 2 aromatic rings. The maximum absolute atomic E-state index is 5.74. The van der Waals surface area contributed by atoms with Crippen LogP contribution in [0.5, 0.6) is 5.75 Å². The lowest BCUT2D eigenvalue weighted by molar-refractivity contribution is 0.385. The minimum Gasteiger partial charge on any atom is -0.430 e. The fraction of sp³-hybridized carbons (Fsp3) is 0.182. The number of rotatable bonds is 4. The first-order chi connectivity index (χ1) is 8.18. The molecule has 1 N–H and O–H groups in total. The van der Waals surface area contributed by atoms with E-state index in [4.69, 9.17) is 20.9 Å². The van der Waals surface area contributed by atoms with Gasteiger partial charge in [0, 0.05) is 18.7 Å². The number of nitrogens with one attached hydrogen (secondary N) is 1. The summed E-state index contributed by atoms with van der Waals surface area (Å²) in [7, 11) is 3.26. The van der Waals surface area contributed by atoms with Crippen LogP contribution in [-0.2, 0) is 16.3 Å². The zero-order valence-corrected chi connectivity index (χ0v) is 11.3. The van der Waals surface area contributed by atoms with Crippen molar-refractivity contribution < 1.29 is 9.05 Å². The largest absolute Gasteiger partial charge is 0.430 e. The first-order valence-corrected chi connectivity index (χ1v) is 7.70. The molecule has 1 atom stereocenters. The average molecular weight is 268 g/mol. The van der Waals surface area contributed by atoms with Crippen molar-refractivity contribution in [3.05, 3.63) is 36.5 Å². The van der Waals surface area contributed by atoms with Crippen molar-refractivity contribution in [1.29, 1.82) is 0 Å². The predicted molar refractivity (Wildman–Crippen MR) is 72.7 cm³/mol. The number of fused-ring (bicyclic) bond motifs is 1. The summed E-state index contributed by atoms with van der Waals surface area (Å²) in [6, 6.07) is 9.59. The maximum Gasteiger partial charge on any atom is 0.312 e. The van der Waals surface area contributed by atoms with Gasteiger partial charge in [0.1, 0.15) is 5.52 Å². The summed E-state index contributed by atoms with van der Waals surface area (Å²) in [6.45, 7) is -2.46. The van der Waals surface area contributed by atoms with E-state index < -0.39 is 6.64 Å². The number of nitrogens with zero attached hydrogens (tertiary/aromatic N) is 1. The molecule has 6 heteroatoms. The summed E-state index contributed by atoms with van der Waals surface area (Å²) >= 11 is 5.28. The highest BCUT2D eigenvalue weighted by molar-refractivity contribution is 8.09. The molecule has 1 unspecified atom stereocenters. The van der Waals surface area contributed by atoms with Crippen LogP contribution in [0.4, 0.5) is 0 Å². The van der Waals surface area contributed by atoms with Crippen molar-refractivity contribution >= 4 is 29.4 Å². The van der Waals surface area contributed by atoms with Crippen molar-refractivity contribution in [3.8, 4) is 5.75 Å². The number of pyridine rings is 1. The summed E-state index contributed by atoms with van der Waals surface area (Å²) < 4.78 is 10.9. The molecule has 0 aliphatic heterocycles. The van der Waals surface area contributed by atoms with Gasteiger partial charge in [0.15, 0.2) is 5.75 Å². The third-order valence-electron chi connectivity index (χ3n) is 2.33. The van der Waals surface area contributed by atoms with E-state index in [1.165, 1.54) is 7.11 Å². The fourth-order valence-corrected chi connectivity index (χ4v) is 2.45. The highest BCUT2D eigenvalue weighted by Crippen LogP contribution is 2.44. The Balaban J connectivity index is 2.46. The van der Waals surface area contributed by atoms with E-state index in [9.17, 15) is 0 Å². The molecule has 1 aromatic carbocycles. The van der Waals surface area contributed by atoms with Gasteiger partial charge in [-0.05, 0) is 31.0 Å². The van der Waals surface area contributed by atoms with Crippen LogP contribution in [0.3, 0.4) is 0 Å². The topological polar surface area (TPSA) is 43.4 Å². The average Bonchev–Trinajstić information content (AvgIpc) is 2.39. The summed E-state index contributed by atoms with van der Waals surface area (Å²) in [5.41, 5.74) is 0.788. The Kier molecular flexibility index (Phi) is 3.74. The van der Waals surface area contributed by atoms with Crippen LogP contribution in [-0.4, -0.2) is 19.1 Å². The summed E-state index contributed by atoms with van der Waals surface area (Å²) in [4.78, 5) is 4.30. The molecule has 17 heavy (non-hydrogen) atoms. The van der Waals surface area contributed by atoms with Crippen molar-refractivity contribution in [2.24, 2.45) is 0 Å². The highest BCUT2D eigenvalue weighted by atomic mass is 32.5. The minimum absolute atomic E-state index is 0.641. The second-order valence-corrected chi connectivity index (χ2v) is 6.76. The smallest absolute Gasteiger partial charge is 0.312 e. The van der Waals surface area contributed by atoms with Gasteiger partial charge < -0.3 is 9.05 Å². The lowest BCUT2D eigenvalue weighted by Gasteiger charge is -2.20. The second-order valence-electron chi connectivity index (χ2n) is 3.33. The Bertz CT molecular complexity index is 563. The number of hydrogen-bond donors (Lipinski definition) is 1. The van der Waals surface area contributed by atoms with E-state index in [2.05, 4.69) is 10.1 Å². The molecule has 1 heterocycles. The molecule has 1 aromatic heterocycles. The number of para-hydroxylation sites is 1. The van der Waals surface area contributed by atoms with Crippen LogP contribution in [0.1, 0.15) is 0 Å². The fourth-order valence-electron chi connectivity index (χ4n) is 1.45. The molecule has 0 fully saturated rings. The van der Waals surface area contributed by atoms with Crippen LogP contribution in [0.25, 0.3) is 10.9 Å². The lowest BCUT2D eigenvalue weighted by Crippen LogP contribution is -2.10. The van der Waals surface area contributed by atoms with Gasteiger partial charge >= 0.3 is 6.64 Å². The molecular formula is C11H13N2O2PS. The van der Waals surface area contributed by atoms with Crippen LogP contribution in [0.15, 0.2) is 36.5 Å². The molecular weight excluding hydrogens is 255 g/mol. The van der Waals surface area contributed by atoms with Gasteiger partial charge in [-0.2, -0.15) is 0 Å². The molecule has 0 aliphatic carbocycles. The van der Waals surface area contributed by atoms with Gasteiger partial charge in [-0.3, -0.25) is 4.98 Å². The van der Waals surface area contributed by atoms with E-state index in [0.29, 0.717) is 5.75 Å². The van der Waals surface area contributed by atoms with Gasteiger partial charge in [0.25, 0.3) is 0 Å². The van der Waals surface area contributed by atoms with Crippen molar-refractivity contribution in [2.75, 3.05) is 14.2 Å². The number of hydrogen-bond acceptors (Lipinski definition) is 4. The highest BCUT2D eigenvalue weighted by Gasteiger charge is 2.17. The Hall–Kier alpha value is -1.00. The molecule has 0 spiro atoms. The second kappa shape index (κ2) is 5.10. The standard InChI is InChI=1S/C11H13N2O2PS/c1-12-16(17,14-2)15-10-7-3-5-9-6-4-8-13-11(9)10/h3-8H,1-2H3,(H,12,17). The zero-order chi connectivity index (χ0) is 12.3. The Morgan fingerprint density at radius 1 is 1.29 bits per heavy atom. The summed E-state index contributed by atoms with van der Waals surface area (Å²) in [5.74, 6) is 0.641. The van der Waals surface area contributed by atoms with Crippen LogP contribution < -0.4 is 9.61 Å². The molecule has 0 amide bonds. The maximum atomic E-state index is 5.74. The summed E-state index contributed by atoms with van der Waals surface area (Å²) in [5, 5.41) is 3.91. The predicted octanol–water partition coefficient (Wildman–Crippen LogP) is 2.70. The first kappa shape index (κ1) is 12.5. The van der Waals surface area contributed by atoms with Crippen molar-refractivity contribution in [2.45, 2.75) is 0 Å². The molecule has 2 rings (SSSR count). The molecule has 0 saturated heterocycles. The third kappa shape index (κ3) is 2.64. The van der Waals surface area contributed by atoms with Crippen LogP contribution in [0.2, 0.25) is 0 Å². The van der Waals surface area contributed by atoms with E-state index in [1.807, 2.05) is 30.3 Å². The van der Waals surface area contributed by atoms with E-state index >= 15 is 0 Å². The Morgan fingerprint density at radius 2 is 2.06 bits per heavy atom. The molecule has 0 bridgehead atoms. The van der Waals surface area contributed by atoms with Crippen molar-refractivity contribution in [1.82, 2.24) is 10.1 Å². The van der Waals surface area contributed by atoms with E-state index in [1.54, 1.807) is 13.2 Å². The molecule has 4 nitrogen and oxygen atoms in total. The minimum atomic E-state index is -2.46. The van der Waals surface area contributed by atoms with E-state index in [-0.39, 0.29) is 0 Å². The Labute approximate surface area is 105 Å². The quantitative estimate of drug-likeness (QED) is 0.864. The monoisotopic (exact) mass is 268 g/mol. The van der Waals surface area contributed by atoms with Gasteiger partial charge in [-0.1, -0.05) is 18.2 Å². The van der Waals surface area contributed by atoms with Gasteiger partial charge in [-0.25, -0.2) is 5.09 Å². The molecule has 0 saturated carbocycles. The van der Waals surface area contributed by atoms with Gasteiger partial charge in [0.2, 0.25) is 0 Å². The molecule has 0 aliphatic rings. The third-order valence-corrected chi connectivity index (χ3v) is 5.01. The molecule has 0 radical (unpaired) electrons. The van der Waals surface area contributed by atoms with E-state index in [0.717, 1.165) is 10.9 Å². The Morgan fingerprint density at radius 3 is 2.76 bits per heavy atom. The normalized spacial score (nSPS) is 14.5. The number of benzene rings is 1. The summed E-state index contributed by atoms with van der Waals surface area (Å²) in [6.07, 6.45) is 1.73.